The monoisotopic (exact) mass is 305 g/mol. The number of hydrogen-bond donors (Lipinski definition) is 2. The Labute approximate surface area is 132 Å². The maximum absolute atomic E-state index is 11.9. The highest BCUT2D eigenvalue weighted by Gasteiger charge is 2.20. The van der Waals surface area contributed by atoms with Crippen LogP contribution in [-0.2, 0) is 6.42 Å². The zero-order valence-electron chi connectivity index (χ0n) is 12.6. The molecule has 0 saturated carbocycles. The topological polar surface area (TPSA) is 79.0 Å². The van der Waals surface area contributed by atoms with E-state index in [0.29, 0.717) is 22.7 Å². The number of fused-ring (bicyclic) bond motifs is 2. The summed E-state index contributed by atoms with van der Waals surface area (Å²) in [4.78, 5) is 15.9. The van der Waals surface area contributed by atoms with Gasteiger partial charge in [-0.1, -0.05) is 6.07 Å². The Kier molecular flexibility index (Phi) is 3.01. The minimum Gasteiger partial charge on any atom is -0.449 e. The molecule has 1 aromatic carbocycles. The lowest BCUT2D eigenvalue weighted by molar-refractivity contribution is 0.0990. The molecule has 0 bridgehead atoms. The third-order valence-electron chi connectivity index (χ3n) is 4.16. The second-order valence-corrected chi connectivity index (χ2v) is 5.71. The van der Waals surface area contributed by atoms with Gasteiger partial charge in [-0.2, -0.15) is 0 Å². The van der Waals surface area contributed by atoms with Crippen molar-refractivity contribution in [3.05, 3.63) is 53.5 Å². The van der Waals surface area contributed by atoms with E-state index in [1.807, 2.05) is 24.3 Å². The molecular formula is C18H15N3O2. The number of Topliss-reactive ketones (excluding diaryl/α,β-unsaturated/α-hetero) is 1. The number of aromatic nitrogens is 1. The number of carbonyl (C=O) groups is 1. The predicted octanol–water partition coefficient (Wildman–Crippen LogP) is 4.09. The van der Waals surface area contributed by atoms with Crippen molar-refractivity contribution in [1.29, 1.82) is 5.41 Å². The summed E-state index contributed by atoms with van der Waals surface area (Å²) in [5, 5.41) is 12.0. The number of carbonyl (C=O) groups excluding carboxylic acids is 1. The van der Waals surface area contributed by atoms with E-state index in [2.05, 4.69) is 10.3 Å². The number of ketones is 1. The first-order chi connectivity index (χ1) is 11.1. The molecule has 0 spiro atoms. The summed E-state index contributed by atoms with van der Waals surface area (Å²) in [6.07, 6.45) is 4.96. The molecule has 23 heavy (non-hydrogen) atoms. The van der Waals surface area contributed by atoms with E-state index < -0.39 is 0 Å². The van der Waals surface area contributed by atoms with Crippen LogP contribution in [0.3, 0.4) is 0 Å². The van der Waals surface area contributed by atoms with E-state index in [4.69, 9.17) is 9.83 Å². The van der Waals surface area contributed by atoms with E-state index in [1.54, 1.807) is 12.4 Å². The molecule has 2 N–H and O–H groups in total. The number of aryl methyl sites for hydroxylation is 1. The molecule has 4 rings (SSSR count). The van der Waals surface area contributed by atoms with Crippen LogP contribution in [0.5, 0.6) is 0 Å². The van der Waals surface area contributed by atoms with Gasteiger partial charge in [0, 0.05) is 29.9 Å². The summed E-state index contributed by atoms with van der Waals surface area (Å²) in [5.41, 5.74) is 5.02. The zero-order valence-corrected chi connectivity index (χ0v) is 12.6. The molecule has 0 atom stereocenters. The fraction of sp³-hybridized carbons (Fsp3) is 0.167. The number of nitrogens with zero attached hydrogens (tertiary/aromatic N) is 1. The fourth-order valence-electron chi connectivity index (χ4n) is 3.03. The molecule has 114 valence electrons. The van der Waals surface area contributed by atoms with E-state index in [-0.39, 0.29) is 5.78 Å². The number of furan rings is 1. The average molecular weight is 305 g/mol. The number of anilines is 2. The SMILES string of the molecule is CC(=O)c1oc2cnccc2c1Nc1ccc2c(c1)CCC2=N. The lowest BCUT2D eigenvalue weighted by Crippen LogP contribution is -1.98. The van der Waals surface area contributed by atoms with E-state index in [9.17, 15) is 4.79 Å². The minimum atomic E-state index is -0.133. The number of hydrogen-bond acceptors (Lipinski definition) is 5. The van der Waals surface area contributed by atoms with Gasteiger partial charge in [0.1, 0.15) is 0 Å². The highest BCUT2D eigenvalue weighted by molar-refractivity contribution is 6.07. The number of pyridine rings is 1. The van der Waals surface area contributed by atoms with Crippen LogP contribution in [0.4, 0.5) is 11.4 Å². The first-order valence-electron chi connectivity index (χ1n) is 7.48. The summed E-state index contributed by atoms with van der Waals surface area (Å²) in [7, 11) is 0. The largest absolute Gasteiger partial charge is 0.449 e. The van der Waals surface area contributed by atoms with Crippen molar-refractivity contribution in [1.82, 2.24) is 4.98 Å². The molecule has 0 unspecified atom stereocenters. The molecule has 5 nitrogen and oxygen atoms in total. The fourth-order valence-corrected chi connectivity index (χ4v) is 3.03. The summed E-state index contributed by atoms with van der Waals surface area (Å²) in [6, 6.07) is 7.77. The van der Waals surface area contributed by atoms with Gasteiger partial charge in [-0.05, 0) is 42.2 Å². The lowest BCUT2D eigenvalue weighted by Gasteiger charge is -2.08. The molecule has 3 aromatic rings. The van der Waals surface area contributed by atoms with E-state index >= 15 is 0 Å². The van der Waals surface area contributed by atoms with Crippen molar-refractivity contribution < 1.29 is 9.21 Å². The third kappa shape index (κ3) is 2.21. The van der Waals surface area contributed by atoms with E-state index in [1.165, 1.54) is 12.5 Å². The molecule has 0 aliphatic heterocycles. The quantitative estimate of drug-likeness (QED) is 0.714. The van der Waals surface area contributed by atoms with E-state index in [0.717, 1.165) is 29.5 Å². The highest BCUT2D eigenvalue weighted by Crippen LogP contribution is 2.34. The van der Waals surface area contributed by atoms with Crippen molar-refractivity contribution >= 4 is 33.8 Å². The Morgan fingerprint density at radius 2 is 2.17 bits per heavy atom. The molecule has 2 heterocycles. The smallest absolute Gasteiger partial charge is 0.197 e. The standard InChI is InChI=1S/C18H15N3O2/c1-10(22)18-17(14-6-7-20-9-16(14)23-18)21-12-3-4-13-11(8-12)2-5-15(13)19/h3-4,6-9,19,21H,2,5H2,1H3. The van der Waals surface area contributed by atoms with Crippen molar-refractivity contribution in [2.45, 2.75) is 19.8 Å². The predicted molar refractivity (Wildman–Crippen MR) is 88.9 cm³/mol. The lowest BCUT2D eigenvalue weighted by atomic mass is 10.1. The van der Waals surface area contributed by atoms with Crippen LogP contribution in [0.1, 0.15) is 35.0 Å². The first-order valence-corrected chi connectivity index (χ1v) is 7.48. The van der Waals surface area contributed by atoms with Crippen LogP contribution in [0, 0.1) is 5.41 Å². The van der Waals surface area contributed by atoms with Crippen LogP contribution in [0.25, 0.3) is 11.0 Å². The van der Waals surface area contributed by atoms with Crippen LogP contribution in [-0.4, -0.2) is 16.5 Å². The molecule has 0 radical (unpaired) electrons. The summed E-state index contributed by atoms with van der Waals surface area (Å²) in [6.45, 7) is 1.49. The molecule has 0 saturated heterocycles. The molecule has 0 fully saturated rings. The molecule has 1 aliphatic carbocycles. The molecule has 0 amide bonds. The maximum Gasteiger partial charge on any atom is 0.197 e. The van der Waals surface area contributed by atoms with Gasteiger partial charge in [0.2, 0.25) is 0 Å². The Hall–Kier alpha value is -2.95. The number of benzene rings is 1. The summed E-state index contributed by atoms with van der Waals surface area (Å²) in [5.74, 6) is 0.174. The second-order valence-electron chi connectivity index (χ2n) is 5.71. The van der Waals surface area contributed by atoms with Gasteiger partial charge in [0.25, 0.3) is 0 Å². The Balaban J connectivity index is 1.80. The van der Waals surface area contributed by atoms with Crippen LogP contribution in [0.15, 0.2) is 41.1 Å². The van der Waals surface area contributed by atoms with Crippen molar-refractivity contribution in [2.75, 3.05) is 5.32 Å². The highest BCUT2D eigenvalue weighted by atomic mass is 16.3. The Morgan fingerprint density at radius 1 is 1.30 bits per heavy atom. The van der Waals surface area contributed by atoms with Gasteiger partial charge in [-0.3, -0.25) is 9.78 Å². The normalized spacial score (nSPS) is 13.3. The second kappa shape index (κ2) is 5.05. The maximum atomic E-state index is 11.9. The molecular weight excluding hydrogens is 290 g/mol. The van der Waals surface area contributed by atoms with Gasteiger partial charge in [-0.25, -0.2) is 0 Å². The summed E-state index contributed by atoms with van der Waals surface area (Å²) >= 11 is 0. The van der Waals surface area contributed by atoms with Crippen LogP contribution in [0.2, 0.25) is 0 Å². The molecule has 5 heteroatoms. The first kappa shape index (κ1) is 13.7. The molecule has 1 aliphatic rings. The van der Waals surface area contributed by atoms with Crippen molar-refractivity contribution in [3.63, 3.8) is 0 Å². The van der Waals surface area contributed by atoms with Crippen molar-refractivity contribution in [3.8, 4) is 0 Å². The Morgan fingerprint density at radius 3 is 3.00 bits per heavy atom. The van der Waals surface area contributed by atoms with Gasteiger partial charge in [0.15, 0.2) is 17.1 Å². The number of rotatable bonds is 3. The van der Waals surface area contributed by atoms with Gasteiger partial charge >= 0.3 is 0 Å². The van der Waals surface area contributed by atoms with Gasteiger partial charge in [-0.15, -0.1) is 0 Å². The van der Waals surface area contributed by atoms with Gasteiger partial charge in [0.05, 0.1) is 11.9 Å². The van der Waals surface area contributed by atoms with Crippen LogP contribution < -0.4 is 5.32 Å². The summed E-state index contributed by atoms with van der Waals surface area (Å²) < 4.78 is 5.63. The van der Waals surface area contributed by atoms with Crippen molar-refractivity contribution in [2.24, 2.45) is 0 Å². The molecule has 2 aromatic heterocycles. The third-order valence-corrected chi connectivity index (χ3v) is 4.16. The Bertz CT molecular complexity index is 956. The van der Waals surface area contributed by atoms with Crippen LogP contribution >= 0.6 is 0 Å². The minimum absolute atomic E-state index is 0.133. The average Bonchev–Trinajstić information content (AvgIpc) is 3.09. The zero-order chi connectivity index (χ0) is 16.0. The van der Waals surface area contributed by atoms with Gasteiger partial charge < -0.3 is 15.1 Å². The number of nitrogens with one attached hydrogen (secondary N) is 2.